The van der Waals surface area contributed by atoms with Gasteiger partial charge in [0.1, 0.15) is 0 Å². The number of aromatic nitrogens is 2. The van der Waals surface area contributed by atoms with Crippen LogP contribution in [0, 0.1) is 11.6 Å². The molecule has 0 bridgehead atoms. The highest BCUT2D eigenvalue weighted by atomic mass is 32.2. The summed E-state index contributed by atoms with van der Waals surface area (Å²) in [6.07, 6.45) is 2.90. The van der Waals surface area contributed by atoms with E-state index in [1.54, 1.807) is 0 Å². The third-order valence-corrected chi connectivity index (χ3v) is 5.43. The molecule has 1 atom stereocenters. The van der Waals surface area contributed by atoms with E-state index < -0.39 is 33.4 Å². The van der Waals surface area contributed by atoms with Crippen molar-refractivity contribution in [3.63, 3.8) is 0 Å². The minimum Gasteiger partial charge on any atom is -0.348 e. The Morgan fingerprint density at radius 1 is 1.16 bits per heavy atom. The van der Waals surface area contributed by atoms with Gasteiger partial charge in [-0.15, -0.1) is 0 Å². The molecule has 10 heteroatoms. The van der Waals surface area contributed by atoms with Gasteiger partial charge in [0, 0.05) is 30.2 Å². The minimum atomic E-state index is -3.08. The summed E-state index contributed by atoms with van der Waals surface area (Å²) in [5, 5.41) is 5.31. The molecule has 0 radical (unpaired) electrons. The third kappa shape index (κ3) is 4.27. The average molecular weight is 368 g/mol. The standard InChI is InChI=1S/C15H14F2N4O3S/c16-12-2-1-10(5-13(12)17)21-15-18-6-9(7-19-15)14(22)20-11-3-4-25(23,24)8-11/h1-2,5-7,11H,3-4,8H2,(H,20,22)(H,18,19,21). The fraction of sp³-hybridized carbons (Fsp3) is 0.267. The van der Waals surface area contributed by atoms with Gasteiger partial charge in [-0.25, -0.2) is 27.2 Å². The van der Waals surface area contributed by atoms with Crippen LogP contribution in [-0.4, -0.2) is 41.8 Å². The van der Waals surface area contributed by atoms with Gasteiger partial charge in [-0.2, -0.15) is 0 Å². The minimum absolute atomic E-state index is 0.0610. The van der Waals surface area contributed by atoms with Gasteiger partial charge in [0.15, 0.2) is 21.5 Å². The Hall–Kier alpha value is -2.62. The zero-order valence-electron chi connectivity index (χ0n) is 12.9. The van der Waals surface area contributed by atoms with Gasteiger partial charge in [-0.3, -0.25) is 4.79 Å². The number of anilines is 2. The highest BCUT2D eigenvalue weighted by Gasteiger charge is 2.29. The predicted octanol–water partition coefficient (Wildman–Crippen LogP) is 1.42. The normalized spacial score (nSPS) is 18.7. The van der Waals surface area contributed by atoms with Crippen LogP contribution in [0.1, 0.15) is 16.8 Å². The second-order valence-corrected chi connectivity index (χ2v) is 7.85. The van der Waals surface area contributed by atoms with Crippen molar-refractivity contribution in [1.82, 2.24) is 15.3 Å². The van der Waals surface area contributed by atoms with Crippen LogP contribution in [0.15, 0.2) is 30.6 Å². The first-order chi connectivity index (χ1) is 11.8. The molecule has 7 nitrogen and oxygen atoms in total. The van der Waals surface area contributed by atoms with E-state index in [-0.39, 0.29) is 28.7 Å². The van der Waals surface area contributed by atoms with Crippen molar-refractivity contribution < 1.29 is 22.0 Å². The highest BCUT2D eigenvalue weighted by molar-refractivity contribution is 7.91. The number of nitrogens with zero attached hydrogens (tertiary/aromatic N) is 2. The van der Waals surface area contributed by atoms with Gasteiger partial charge >= 0.3 is 0 Å². The number of amides is 1. The summed E-state index contributed by atoms with van der Waals surface area (Å²) in [4.78, 5) is 19.9. The van der Waals surface area contributed by atoms with E-state index >= 15 is 0 Å². The molecule has 1 fully saturated rings. The molecule has 0 aliphatic carbocycles. The smallest absolute Gasteiger partial charge is 0.254 e. The molecule has 1 saturated heterocycles. The Bertz CT molecular complexity index is 903. The summed E-state index contributed by atoms with van der Waals surface area (Å²) in [6.45, 7) is 0. The van der Waals surface area contributed by atoms with Crippen LogP contribution in [-0.2, 0) is 9.84 Å². The first kappa shape index (κ1) is 17.2. The van der Waals surface area contributed by atoms with Crippen molar-refractivity contribution in [2.24, 2.45) is 0 Å². The van der Waals surface area contributed by atoms with Crippen molar-refractivity contribution in [2.75, 3.05) is 16.8 Å². The molecule has 1 aromatic carbocycles. The molecule has 1 aliphatic rings. The van der Waals surface area contributed by atoms with Crippen LogP contribution in [0.5, 0.6) is 0 Å². The molecule has 0 saturated carbocycles. The number of rotatable bonds is 4. The largest absolute Gasteiger partial charge is 0.348 e. The van der Waals surface area contributed by atoms with Crippen LogP contribution in [0.2, 0.25) is 0 Å². The average Bonchev–Trinajstić information content (AvgIpc) is 2.90. The Labute approximate surface area is 142 Å². The van der Waals surface area contributed by atoms with Crippen molar-refractivity contribution in [3.8, 4) is 0 Å². The first-order valence-corrected chi connectivity index (χ1v) is 9.20. The quantitative estimate of drug-likeness (QED) is 0.846. The Morgan fingerprint density at radius 2 is 1.88 bits per heavy atom. The maximum atomic E-state index is 13.1. The van der Waals surface area contributed by atoms with E-state index in [1.807, 2.05) is 0 Å². The fourth-order valence-electron chi connectivity index (χ4n) is 2.39. The number of hydrogen-bond acceptors (Lipinski definition) is 6. The lowest BCUT2D eigenvalue weighted by atomic mass is 10.2. The van der Waals surface area contributed by atoms with Gasteiger partial charge in [0.25, 0.3) is 5.91 Å². The van der Waals surface area contributed by atoms with E-state index in [0.29, 0.717) is 6.42 Å². The number of carbonyl (C=O) groups is 1. The van der Waals surface area contributed by atoms with Crippen LogP contribution in [0.25, 0.3) is 0 Å². The fourth-order valence-corrected chi connectivity index (χ4v) is 4.06. The molecule has 1 amide bonds. The molecule has 3 rings (SSSR count). The lowest BCUT2D eigenvalue weighted by Crippen LogP contribution is -2.35. The number of nitrogens with one attached hydrogen (secondary N) is 2. The van der Waals surface area contributed by atoms with Crippen LogP contribution >= 0.6 is 0 Å². The number of benzene rings is 1. The third-order valence-electron chi connectivity index (χ3n) is 3.66. The lowest BCUT2D eigenvalue weighted by molar-refractivity contribution is 0.0940. The number of carbonyl (C=O) groups excluding carboxylic acids is 1. The molecule has 0 spiro atoms. The second kappa shape index (κ2) is 6.71. The zero-order chi connectivity index (χ0) is 18.0. The lowest BCUT2D eigenvalue weighted by Gasteiger charge is -2.10. The van der Waals surface area contributed by atoms with Gasteiger partial charge in [0.2, 0.25) is 5.95 Å². The van der Waals surface area contributed by atoms with Crippen molar-refractivity contribution in [1.29, 1.82) is 0 Å². The Balaban J connectivity index is 1.63. The zero-order valence-corrected chi connectivity index (χ0v) is 13.7. The van der Waals surface area contributed by atoms with Crippen LogP contribution < -0.4 is 10.6 Å². The SMILES string of the molecule is O=C(NC1CCS(=O)(=O)C1)c1cnc(Nc2ccc(F)c(F)c2)nc1. The summed E-state index contributed by atoms with van der Waals surface area (Å²) < 4.78 is 48.8. The summed E-state index contributed by atoms with van der Waals surface area (Å²) in [5.74, 6) is -2.35. The topological polar surface area (TPSA) is 101 Å². The Kier molecular flexibility index (Phi) is 4.62. The van der Waals surface area contributed by atoms with Crippen molar-refractivity contribution in [2.45, 2.75) is 12.5 Å². The molecule has 1 unspecified atom stereocenters. The van der Waals surface area contributed by atoms with Gasteiger partial charge in [-0.05, 0) is 18.6 Å². The van der Waals surface area contributed by atoms with Crippen molar-refractivity contribution >= 4 is 27.4 Å². The summed E-state index contributed by atoms with van der Waals surface area (Å²) in [5.41, 5.74) is 0.424. The molecular formula is C15H14F2N4O3S. The molecule has 1 aliphatic heterocycles. The molecule has 2 aromatic rings. The Morgan fingerprint density at radius 3 is 2.48 bits per heavy atom. The van der Waals surface area contributed by atoms with E-state index in [9.17, 15) is 22.0 Å². The predicted molar refractivity (Wildman–Crippen MR) is 86.2 cm³/mol. The molecule has 2 heterocycles. The van der Waals surface area contributed by atoms with E-state index in [4.69, 9.17) is 0 Å². The van der Waals surface area contributed by atoms with Gasteiger partial charge in [-0.1, -0.05) is 0 Å². The van der Waals surface area contributed by atoms with E-state index in [2.05, 4.69) is 20.6 Å². The second-order valence-electron chi connectivity index (χ2n) is 5.62. The molecule has 2 N–H and O–H groups in total. The maximum absolute atomic E-state index is 13.1. The summed E-state index contributed by atoms with van der Waals surface area (Å²) in [6, 6.07) is 2.83. The first-order valence-electron chi connectivity index (χ1n) is 7.38. The summed E-state index contributed by atoms with van der Waals surface area (Å²) >= 11 is 0. The number of hydrogen-bond donors (Lipinski definition) is 2. The highest BCUT2D eigenvalue weighted by Crippen LogP contribution is 2.16. The van der Waals surface area contributed by atoms with Crippen LogP contribution in [0.3, 0.4) is 0 Å². The molecule has 25 heavy (non-hydrogen) atoms. The molecule has 132 valence electrons. The molecule has 1 aromatic heterocycles. The van der Waals surface area contributed by atoms with Crippen molar-refractivity contribution in [3.05, 3.63) is 47.8 Å². The maximum Gasteiger partial charge on any atom is 0.254 e. The van der Waals surface area contributed by atoms with E-state index in [0.717, 1.165) is 12.1 Å². The van der Waals surface area contributed by atoms with E-state index in [1.165, 1.54) is 18.5 Å². The number of halogens is 2. The number of sulfone groups is 1. The monoisotopic (exact) mass is 368 g/mol. The molecular weight excluding hydrogens is 354 g/mol. The summed E-state index contributed by atoms with van der Waals surface area (Å²) in [7, 11) is -3.08. The van der Waals surface area contributed by atoms with Gasteiger partial charge in [0.05, 0.1) is 17.1 Å². The van der Waals surface area contributed by atoms with Crippen LogP contribution in [0.4, 0.5) is 20.4 Å². The van der Waals surface area contributed by atoms with Gasteiger partial charge < -0.3 is 10.6 Å².